The van der Waals surface area contributed by atoms with Gasteiger partial charge in [0.2, 0.25) is 0 Å². The summed E-state index contributed by atoms with van der Waals surface area (Å²) in [6.07, 6.45) is 0. The number of thioether (sulfide) groups is 1. The highest BCUT2D eigenvalue weighted by molar-refractivity contribution is 7.99. The van der Waals surface area contributed by atoms with Crippen LogP contribution in [0.25, 0.3) is 0 Å². The van der Waals surface area contributed by atoms with Crippen LogP contribution in [0.15, 0.2) is 53.4 Å². The van der Waals surface area contributed by atoms with Crippen molar-refractivity contribution in [3.05, 3.63) is 65.2 Å². The Morgan fingerprint density at radius 2 is 1.79 bits per heavy atom. The Labute approximate surface area is 119 Å². The lowest BCUT2D eigenvalue weighted by molar-refractivity contribution is 0.633. The molecule has 0 aliphatic heterocycles. The molecule has 0 saturated carbocycles. The van der Waals surface area contributed by atoms with Crippen molar-refractivity contribution in [1.29, 1.82) is 0 Å². The number of aryl methyl sites for hydroxylation is 1. The fraction of sp³-hybridized carbons (Fsp3) is 0.250. The van der Waals surface area contributed by atoms with Gasteiger partial charge < -0.3 is 0 Å². The van der Waals surface area contributed by atoms with Crippen LogP contribution >= 0.6 is 11.8 Å². The molecule has 0 fully saturated rings. The topological polar surface area (TPSA) is 38.0 Å². The molecule has 1 unspecified atom stereocenters. The average molecular weight is 272 g/mol. The molecule has 100 valence electrons. The lowest BCUT2D eigenvalue weighted by Gasteiger charge is -2.19. The van der Waals surface area contributed by atoms with Crippen LogP contribution < -0.4 is 11.3 Å². The molecule has 0 spiro atoms. The van der Waals surface area contributed by atoms with E-state index in [1.54, 1.807) is 0 Å². The van der Waals surface area contributed by atoms with E-state index in [-0.39, 0.29) is 6.04 Å². The van der Waals surface area contributed by atoms with Gasteiger partial charge in [-0.15, -0.1) is 11.8 Å². The SMILES string of the molecule is CCSc1ccc(C(NN)c2ccccc2C)cc1. The molecule has 0 amide bonds. The zero-order valence-corrected chi connectivity index (χ0v) is 12.2. The second-order valence-electron chi connectivity index (χ2n) is 4.46. The molecule has 0 aliphatic carbocycles. The van der Waals surface area contributed by atoms with Gasteiger partial charge in [0.25, 0.3) is 0 Å². The molecular formula is C16H20N2S. The minimum atomic E-state index is 0.0434. The van der Waals surface area contributed by atoms with Crippen LogP contribution in [0.5, 0.6) is 0 Å². The van der Waals surface area contributed by atoms with Crippen molar-refractivity contribution < 1.29 is 0 Å². The molecule has 0 radical (unpaired) electrons. The van der Waals surface area contributed by atoms with Gasteiger partial charge in [-0.25, -0.2) is 5.43 Å². The van der Waals surface area contributed by atoms with Crippen LogP contribution in [0.1, 0.15) is 29.7 Å². The molecule has 1 atom stereocenters. The third kappa shape index (κ3) is 3.38. The van der Waals surface area contributed by atoms with E-state index in [0.717, 1.165) is 5.75 Å². The molecule has 0 aliphatic rings. The molecule has 3 heteroatoms. The highest BCUT2D eigenvalue weighted by atomic mass is 32.2. The van der Waals surface area contributed by atoms with Crippen LogP contribution in [0.2, 0.25) is 0 Å². The number of nitrogens with two attached hydrogens (primary N) is 1. The van der Waals surface area contributed by atoms with Crippen molar-refractivity contribution in [2.45, 2.75) is 24.8 Å². The molecule has 2 rings (SSSR count). The number of benzene rings is 2. The van der Waals surface area contributed by atoms with Gasteiger partial charge in [-0.2, -0.15) is 0 Å². The molecule has 2 aromatic carbocycles. The molecule has 19 heavy (non-hydrogen) atoms. The van der Waals surface area contributed by atoms with E-state index in [9.17, 15) is 0 Å². The predicted molar refractivity (Wildman–Crippen MR) is 83.2 cm³/mol. The van der Waals surface area contributed by atoms with E-state index >= 15 is 0 Å². The van der Waals surface area contributed by atoms with E-state index in [0.29, 0.717) is 0 Å². The van der Waals surface area contributed by atoms with Crippen molar-refractivity contribution in [2.75, 3.05) is 5.75 Å². The van der Waals surface area contributed by atoms with E-state index in [2.05, 4.69) is 55.7 Å². The maximum Gasteiger partial charge on any atom is 0.0712 e. The summed E-state index contributed by atoms with van der Waals surface area (Å²) in [5.74, 6) is 6.84. The number of hydrogen-bond acceptors (Lipinski definition) is 3. The van der Waals surface area contributed by atoms with Crippen LogP contribution in [0.4, 0.5) is 0 Å². The minimum absolute atomic E-state index is 0.0434. The van der Waals surface area contributed by atoms with Crippen molar-refractivity contribution in [3.63, 3.8) is 0 Å². The largest absolute Gasteiger partial charge is 0.271 e. The van der Waals surface area contributed by atoms with E-state index in [1.807, 2.05) is 23.9 Å². The molecule has 0 saturated heterocycles. The average Bonchev–Trinajstić information content (AvgIpc) is 2.44. The third-order valence-corrected chi connectivity index (χ3v) is 4.08. The second kappa shape index (κ2) is 6.75. The van der Waals surface area contributed by atoms with Crippen molar-refractivity contribution in [1.82, 2.24) is 5.43 Å². The summed E-state index contributed by atoms with van der Waals surface area (Å²) in [4.78, 5) is 1.30. The zero-order chi connectivity index (χ0) is 13.7. The number of hydrazine groups is 1. The Morgan fingerprint density at radius 3 is 2.37 bits per heavy atom. The summed E-state index contributed by atoms with van der Waals surface area (Å²) < 4.78 is 0. The highest BCUT2D eigenvalue weighted by Gasteiger charge is 2.13. The van der Waals surface area contributed by atoms with E-state index in [4.69, 9.17) is 5.84 Å². The van der Waals surface area contributed by atoms with Gasteiger partial charge in [0.15, 0.2) is 0 Å². The molecule has 0 aromatic heterocycles. The maximum atomic E-state index is 5.75. The summed E-state index contributed by atoms with van der Waals surface area (Å²) in [5, 5.41) is 0. The quantitative estimate of drug-likeness (QED) is 0.495. The van der Waals surface area contributed by atoms with Crippen molar-refractivity contribution in [3.8, 4) is 0 Å². The molecular weight excluding hydrogens is 252 g/mol. The van der Waals surface area contributed by atoms with Gasteiger partial charge >= 0.3 is 0 Å². The summed E-state index contributed by atoms with van der Waals surface area (Å²) in [5.41, 5.74) is 6.58. The van der Waals surface area contributed by atoms with Gasteiger partial charge in [-0.1, -0.05) is 43.3 Å². The van der Waals surface area contributed by atoms with Gasteiger partial charge in [-0.3, -0.25) is 5.84 Å². The molecule has 3 N–H and O–H groups in total. The maximum absolute atomic E-state index is 5.75. The standard InChI is InChI=1S/C16H20N2S/c1-3-19-14-10-8-13(9-11-14)16(18-17)15-7-5-4-6-12(15)2/h4-11,16,18H,3,17H2,1-2H3. The van der Waals surface area contributed by atoms with Gasteiger partial charge in [-0.05, 0) is 41.5 Å². The van der Waals surface area contributed by atoms with Crippen molar-refractivity contribution in [2.24, 2.45) is 5.84 Å². The number of rotatable bonds is 5. The van der Waals surface area contributed by atoms with Crippen LogP contribution in [-0.2, 0) is 0 Å². The Morgan fingerprint density at radius 1 is 1.11 bits per heavy atom. The van der Waals surface area contributed by atoms with Crippen molar-refractivity contribution >= 4 is 11.8 Å². The molecule has 2 aromatic rings. The van der Waals surface area contributed by atoms with Gasteiger partial charge in [0, 0.05) is 4.90 Å². The third-order valence-electron chi connectivity index (χ3n) is 3.19. The van der Waals surface area contributed by atoms with Gasteiger partial charge in [0.05, 0.1) is 6.04 Å². The van der Waals surface area contributed by atoms with Crippen LogP contribution in [0.3, 0.4) is 0 Å². The summed E-state index contributed by atoms with van der Waals surface area (Å²) in [6, 6.07) is 17.0. The van der Waals surface area contributed by atoms with Gasteiger partial charge in [0.1, 0.15) is 0 Å². The van der Waals surface area contributed by atoms with Crippen LogP contribution in [0, 0.1) is 6.92 Å². The fourth-order valence-corrected chi connectivity index (χ4v) is 2.86. The summed E-state index contributed by atoms with van der Waals surface area (Å²) in [6.45, 7) is 4.27. The zero-order valence-electron chi connectivity index (χ0n) is 11.4. The summed E-state index contributed by atoms with van der Waals surface area (Å²) in [7, 11) is 0. The minimum Gasteiger partial charge on any atom is -0.271 e. The number of hydrogen-bond donors (Lipinski definition) is 2. The Bertz CT molecular complexity index is 523. The second-order valence-corrected chi connectivity index (χ2v) is 5.80. The first-order valence-electron chi connectivity index (χ1n) is 6.50. The highest BCUT2D eigenvalue weighted by Crippen LogP contribution is 2.26. The molecule has 0 bridgehead atoms. The Hall–Kier alpha value is -1.29. The monoisotopic (exact) mass is 272 g/mol. The smallest absolute Gasteiger partial charge is 0.0712 e. The Balaban J connectivity index is 2.29. The first-order valence-corrected chi connectivity index (χ1v) is 7.49. The van der Waals surface area contributed by atoms with E-state index < -0.39 is 0 Å². The van der Waals surface area contributed by atoms with Crippen LogP contribution in [-0.4, -0.2) is 5.75 Å². The summed E-state index contributed by atoms with van der Waals surface area (Å²) >= 11 is 1.85. The lowest BCUT2D eigenvalue weighted by atomic mass is 9.96. The predicted octanol–water partition coefficient (Wildman–Crippen LogP) is 3.66. The normalized spacial score (nSPS) is 12.4. The number of nitrogens with one attached hydrogen (secondary N) is 1. The first kappa shape index (κ1) is 14.1. The first-order chi connectivity index (χ1) is 9.26. The molecule has 2 nitrogen and oxygen atoms in total. The lowest BCUT2D eigenvalue weighted by Crippen LogP contribution is -2.29. The fourth-order valence-electron chi connectivity index (χ4n) is 2.20. The molecule has 0 heterocycles. The Kier molecular flexibility index (Phi) is 5.02. The van der Waals surface area contributed by atoms with E-state index in [1.165, 1.54) is 21.6 Å².